The lowest BCUT2D eigenvalue weighted by Crippen LogP contribution is -2.00. The summed E-state index contributed by atoms with van der Waals surface area (Å²) in [6.07, 6.45) is 0. The van der Waals surface area contributed by atoms with Crippen molar-refractivity contribution in [1.82, 2.24) is 15.0 Å². The molecule has 10 aromatic carbocycles. The van der Waals surface area contributed by atoms with Crippen molar-refractivity contribution in [2.75, 3.05) is 0 Å². The number of hydrogen-bond acceptors (Lipinski definition) is 5. The minimum absolute atomic E-state index is 0.549. The van der Waals surface area contributed by atoms with E-state index >= 15 is 0 Å². The molecule has 308 valence electrons. The predicted molar refractivity (Wildman–Crippen MR) is 270 cm³/mol. The number of nitrogens with zero attached hydrogens (tertiary/aromatic N) is 3. The standard InChI is InChI=1S/C61H37N3O2/c1-3-13-38(14-4-1)47-33-48(39-15-5-2-6-16-39)35-49(34-47)44-27-30-52-57(36-44)66-55-24-12-22-53(58(52)55)61-63-59(45-20-11-19-42(32-45)43-26-25-40-17-7-8-18-41(40)31-43)62-60(64-61)46-28-29-51-50-21-9-10-23-54(50)65-56(51)37-46/h1-37H. The smallest absolute Gasteiger partial charge is 0.164 e. The Balaban J connectivity index is 0.966. The first-order chi connectivity index (χ1) is 32.6. The molecule has 0 aliphatic carbocycles. The molecule has 0 aliphatic heterocycles. The van der Waals surface area contributed by atoms with Crippen LogP contribution < -0.4 is 0 Å². The van der Waals surface area contributed by atoms with Gasteiger partial charge in [-0.25, -0.2) is 15.0 Å². The Bertz CT molecular complexity index is 3940. The average molecular weight is 844 g/mol. The van der Waals surface area contributed by atoms with Gasteiger partial charge < -0.3 is 8.83 Å². The van der Waals surface area contributed by atoms with Crippen LogP contribution in [0.25, 0.3) is 133 Å². The SMILES string of the molecule is c1ccc(-c2cc(-c3ccccc3)cc(-c3ccc4c(c3)oc3cccc(-c5nc(-c6cccc(-c7ccc8ccccc8c7)c6)nc(-c6ccc7c(c6)oc6ccccc67)n5)c34)c2)cc1. The van der Waals surface area contributed by atoms with Crippen LogP contribution in [-0.2, 0) is 0 Å². The maximum absolute atomic E-state index is 6.72. The van der Waals surface area contributed by atoms with Crippen LogP contribution in [0.5, 0.6) is 0 Å². The number of furan rings is 2. The van der Waals surface area contributed by atoms with Crippen molar-refractivity contribution in [1.29, 1.82) is 0 Å². The number of rotatable bonds is 7. The third kappa shape index (κ3) is 6.61. The van der Waals surface area contributed by atoms with Crippen LogP contribution in [0.4, 0.5) is 0 Å². The molecule has 0 N–H and O–H groups in total. The molecule has 0 bridgehead atoms. The van der Waals surface area contributed by atoms with Crippen LogP contribution in [0.3, 0.4) is 0 Å². The normalized spacial score (nSPS) is 11.6. The third-order valence-electron chi connectivity index (χ3n) is 12.7. The number of benzene rings is 10. The van der Waals surface area contributed by atoms with Gasteiger partial charge >= 0.3 is 0 Å². The van der Waals surface area contributed by atoms with Gasteiger partial charge in [0.1, 0.15) is 22.3 Å². The Morgan fingerprint density at radius 2 is 0.712 bits per heavy atom. The predicted octanol–water partition coefficient (Wildman–Crippen LogP) is 16.5. The fourth-order valence-electron chi connectivity index (χ4n) is 9.41. The quantitative estimate of drug-likeness (QED) is 0.160. The zero-order chi connectivity index (χ0) is 43.6. The lowest BCUT2D eigenvalue weighted by molar-refractivity contribution is 0.668. The molecule has 13 rings (SSSR count). The van der Waals surface area contributed by atoms with Gasteiger partial charge in [-0.3, -0.25) is 0 Å². The summed E-state index contributed by atoms with van der Waals surface area (Å²) in [6.45, 7) is 0. The molecule has 0 aliphatic rings. The Hall–Kier alpha value is -8.93. The van der Waals surface area contributed by atoms with Crippen molar-refractivity contribution in [2.24, 2.45) is 0 Å². The molecule has 0 saturated heterocycles. The highest BCUT2D eigenvalue weighted by Gasteiger charge is 2.20. The zero-order valence-electron chi connectivity index (χ0n) is 35.5. The number of aromatic nitrogens is 3. The van der Waals surface area contributed by atoms with Crippen LogP contribution >= 0.6 is 0 Å². The van der Waals surface area contributed by atoms with E-state index in [1.807, 2.05) is 36.4 Å². The largest absolute Gasteiger partial charge is 0.456 e. The molecule has 0 atom stereocenters. The first-order valence-corrected chi connectivity index (χ1v) is 22.1. The summed E-state index contributed by atoms with van der Waals surface area (Å²) >= 11 is 0. The van der Waals surface area contributed by atoms with Crippen LogP contribution in [0.2, 0.25) is 0 Å². The summed E-state index contributed by atoms with van der Waals surface area (Å²) in [6, 6.07) is 78.3. The van der Waals surface area contributed by atoms with Crippen molar-refractivity contribution in [3.63, 3.8) is 0 Å². The second-order valence-corrected chi connectivity index (χ2v) is 16.8. The minimum Gasteiger partial charge on any atom is -0.456 e. The van der Waals surface area contributed by atoms with E-state index in [1.165, 1.54) is 21.9 Å². The molecular weight excluding hydrogens is 807 g/mol. The lowest BCUT2D eigenvalue weighted by atomic mass is 9.93. The maximum Gasteiger partial charge on any atom is 0.164 e. The van der Waals surface area contributed by atoms with Gasteiger partial charge in [0.25, 0.3) is 0 Å². The highest BCUT2D eigenvalue weighted by molar-refractivity contribution is 6.13. The van der Waals surface area contributed by atoms with Crippen molar-refractivity contribution in [2.45, 2.75) is 0 Å². The molecule has 0 radical (unpaired) electrons. The number of hydrogen-bond donors (Lipinski definition) is 0. The van der Waals surface area contributed by atoms with E-state index in [2.05, 4.69) is 188 Å². The Labute approximate surface area is 379 Å². The molecule has 13 aromatic rings. The van der Waals surface area contributed by atoms with Gasteiger partial charge in [0.15, 0.2) is 17.5 Å². The maximum atomic E-state index is 6.72. The van der Waals surface area contributed by atoms with Crippen molar-refractivity contribution < 1.29 is 8.83 Å². The van der Waals surface area contributed by atoms with Gasteiger partial charge in [0, 0.05) is 38.2 Å². The van der Waals surface area contributed by atoms with Crippen LogP contribution in [-0.4, -0.2) is 15.0 Å². The average Bonchev–Trinajstić information content (AvgIpc) is 3.96. The summed E-state index contributed by atoms with van der Waals surface area (Å²) in [4.78, 5) is 15.7. The first-order valence-electron chi connectivity index (χ1n) is 22.1. The highest BCUT2D eigenvalue weighted by Crippen LogP contribution is 2.41. The molecule has 0 spiro atoms. The Morgan fingerprint density at radius 1 is 0.242 bits per heavy atom. The van der Waals surface area contributed by atoms with Crippen LogP contribution in [0, 0.1) is 0 Å². The molecule has 0 amide bonds. The minimum atomic E-state index is 0.549. The van der Waals surface area contributed by atoms with E-state index in [0.29, 0.717) is 17.5 Å². The summed E-state index contributed by atoms with van der Waals surface area (Å²) in [5.74, 6) is 1.67. The topological polar surface area (TPSA) is 65.0 Å². The first kappa shape index (κ1) is 37.6. The summed E-state index contributed by atoms with van der Waals surface area (Å²) in [7, 11) is 0. The van der Waals surface area contributed by atoms with Gasteiger partial charge in [0.2, 0.25) is 0 Å². The lowest BCUT2D eigenvalue weighted by Gasteiger charge is -2.11. The highest BCUT2D eigenvalue weighted by atomic mass is 16.3. The Morgan fingerprint density at radius 3 is 1.50 bits per heavy atom. The van der Waals surface area contributed by atoms with Gasteiger partial charge in [-0.2, -0.15) is 0 Å². The molecule has 66 heavy (non-hydrogen) atoms. The Kier molecular flexibility index (Phi) is 8.78. The molecule has 0 unspecified atom stereocenters. The van der Waals surface area contributed by atoms with E-state index in [9.17, 15) is 0 Å². The van der Waals surface area contributed by atoms with E-state index in [0.717, 1.165) is 93.9 Å². The van der Waals surface area contributed by atoms with E-state index < -0.39 is 0 Å². The van der Waals surface area contributed by atoms with Gasteiger partial charge in [0.05, 0.1) is 0 Å². The second-order valence-electron chi connectivity index (χ2n) is 16.8. The summed E-state index contributed by atoms with van der Waals surface area (Å²) in [5, 5.41) is 6.45. The second kappa shape index (κ2) is 15.4. The summed E-state index contributed by atoms with van der Waals surface area (Å²) < 4.78 is 13.1. The van der Waals surface area contributed by atoms with Gasteiger partial charge in [-0.1, -0.05) is 158 Å². The third-order valence-corrected chi connectivity index (χ3v) is 12.7. The molecule has 5 heteroatoms. The van der Waals surface area contributed by atoms with Gasteiger partial charge in [-0.05, 0) is 122 Å². The van der Waals surface area contributed by atoms with Crippen LogP contribution in [0.15, 0.2) is 233 Å². The van der Waals surface area contributed by atoms with E-state index in [4.69, 9.17) is 23.8 Å². The van der Waals surface area contributed by atoms with E-state index in [-0.39, 0.29) is 0 Å². The number of fused-ring (bicyclic) bond motifs is 7. The van der Waals surface area contributed by atoms with Crippen molar-refractivity contribution >= 4 is 54.6 Å². The molecule has 5 nitrogen and oxygen atoms in total. The molecule has 3 aromatic heterocycles. The molecular formula is C61H37N3O2. The van der Waals surface area contributed by atoms with Gasteiger partial charge in [-0.15, -0.1) is 0 Å². The molecule has 0 fully saturated rings. The molecule has 3 heterocycles. The zero-order valence-corrected chi connectivity index (χ0v) is 35.5. The van der Waals surface area contributed by atoms with Crippen molar-refractivity contribution in [3.05, 3.63) is 224 Å². The fraction of sp³-hybridized carbons (Fsp3) is 0. The fourth-order valence-corrected chi connectivity index (χ4v) is 9.41. The van der Waals surface area contributed by atoms with E-state index in [1.54, 1.807) is 0 Å². The van der Waals surface area contributed by atoms with Crippen LogP contribution in [0.1, 0.15) is 0 Å². The number of para-hydroxylation sites is 1. The monoisotopic (exact) mass is 843 g/mol. The molecule has 0 saturated carbocycles. The summed E-state index contributed by atoms with van der Waals surface area (Å²) in [5.41, 5.74) is 14.8. The van der Waals surface area contributed by atoms with Crippen molar-refractivity contribution in [3.8, 4) is 78.7 Å².